The molecule has 1 nitrogen and oxygen atoms in total. The van der Waals surface area contributed by atoms with E-state index in [-0.39, 0.29) is 0 Å². The lowest BCUT2D eigenvalue weighted by Gasteiger charge is -2.35. The zero-order chi connectivity index (χ0) is 39.3. The minimum absolute atomic E-state index is 0.410. The number of benzene rings is 10. The van der Waals surface area contributed by atoms with E-state index in [9.17, 15) is 0 Å². The molecule has 59 heavy (non-hydrogen) atoms. The Morgan fingerprint density at radius 3 is 1.53 bits per heavy atom. The Morgan fingerprint density at radius 2 is 0.831 bits per heavy atom. The molecule has 1 unspecified atom stereocenters. The van der Waals surface area contributed by atoms with E-state index >= 15 is 0 Å². The van der Waals surface area contributed by atoms with E-state index < -0.39 is 5.41 Å². The van der Waals surface area contributed by atoms with Crippen LogP contribution in [0, 0.1) is 0 Å². The first-order valence-corrected chi connectivity index (χ1v) is 20.5. The summed E-state index contributed by atoms with van der Waals surface area (Å²) in [6, 6.07) is 84.6. The highest BCUT2D eigenvalue weighted by Crippen LogP contribution is 2.58. The number of rotatable bonds is 7. The zero-order valence-electron chi connectivity index (χ0n) is 32.9. The predicted octanol–water partition coefficient (Wildman–Crippen LogP) is 15.8. The number of anilines is 3. The topological polar surface area (TPSA) is 3.24 Å². The van der Waals surface area contributed by atoms with E-state index in [2.05, 4.69) is 242 Å². The zero-order valence-corrected chi connectivity index (χ0v) is 32.9. The molecule has 0 aliphatic heterocycles. The maximum atomic E-state index is 2.54. The van der Waals surface area contributed by atoms with Crippen molar-refractivity contribution in [3.05, 3.63) is 247 Å². The third-order valence-electron chi connectivity index (χ3n) is 12.5. The van der Waals surface area contributed by atoms with Crippen molar-refractivity contribution in [1.82, 2.24) is 0 Å². The Labute approximate surface area is 346 Å². The number of fused-ring (bicyclic) bond motifs is 6. The molecule has 11 rings (SSSR count). The van der Waals surface area contributed by atoms with Crippen LogP contribution in [0.1, 0.15) is 23.6 Å². The van der Waals surface area contributed by atoms with Gasteiger partial charge in [-0.2, -0.15) is 0 Å². The van der Waals surface area contributed by atoms with Gasteiger partial charge in [0.15, 0.2) is 0 Å². The first-order valence-electron chi connectivity index (χ1n) is 20.5. The number of hydrogen-bond acceptors (Lipinski definition) is 1. The number of hydrogen-bond donors (Lipinski definition) is 0. The Balaban J connectivity index is 1.27. The molecule has 0 spiro atoms. The SMILES string of the molecule is CC1(c2ccccc2)c2ccccc2-c2cccc(N(c3ccc4c(c3)c(-c3ccccc3)c(-c3ccccc3)c3ccccc34)c3ccccc3-c3ccccc3)c21. The number of nitrogens with zero attached hydrogens (tertiary/aromatic N) is 1. The average Bonchev–Trinajstić information content (AvgIpc) is 3.59. The molecule has 0 amide bonds. The third kappa shape index (κ3) is 5.54. The van der Waals surface area contributed by atoms with Gasteiger partial charge < -0.3 is 4.90 Å². The van der Waals surface area contributed by atoms with Gasteiger partial charge >= 0.3 is 0 Å². The highest BCUT2D eigenvalue weighted by molar-refractivity contribution is 6.22. The van der Waals surface area contributed by atoms with E-state index in [1.165, 1.54) is 82.7 Å². The van der Waals surface area contributed by atoms with Crippen molar-refractivity contribution >= 4 is 38.6 Å². The second kappa shape index (κ2) is 14.2. The van der Waals surface area contributed by atoms with Gasteiger partial charge in [0.1, 0.15) is 0 Å². The van der Waals surface area contributed by atoms with Gasteiger partial charge in [-0.3, -0.25) is 0 Å². The van der Waals surface area contributed by atoms with Crippen LogP contribution < -0.4 is 4.90 Å². The molecule has 0 saturated carbocycles. The summed E-state index contributed by atoms with van der Waals surface area (Å²) in [7, 11) is 0. The van der Waals surface area contributed by atoms with E-state index in [0.29, 0.717) is 0 Å². The van der Waals surface area contributed by atoms with Crippen LogP contribution in [-0.2, 0) is 5.41 Å². The predicted molar refractivity (Wildman–Crippen MR) is 250 cm³/mol. The van der Waals surface area contributed by atoms with Crippen molar-refractivity contribution in [2.45, 2.75) is 12.3 Å². The molecule has 0 fully saturated rings. The van der Waals surface area contributed by atoms with E-state index in [1.807, 2.05) is 0 Å². The highest BCUT2D eigenvalue weighted by atomic mass is 15.1. The molecule has 278 valence electrons. The molecule has 1 heteroatoms. The molecular weight excluding hydrogens is 711 g/mol. The first-order chi connectivity index (χ1) is 29.2. The van der Waals surface area contributed by atoms with E-state index in [4.69, 9.17) is 0 Å². The standard InChI is InChI=1S/C58H41N/c1-58(43-27-12-5-13-28-43)52-34-18-16-31-48(52)50-33-20-36-54(57(50)58)59(53-35-19-17-29-45(53)40-21-6-2-7-22-40)44-37-38-47-46-30-14-15-32-49(46)55(41-23-8-3-9-24-41)56(51(47)39-44)42-25-10-4-11-26-42/h2-39H,1H3. The van der Waals surface area contributed by atoms with Crippen LogP contribution in [0.4, 0.5) is 17.1 Å². The summed E-state index contributed by atoms with van der Waals surface area (Å²) >= 11 is 0. The first kappa shape index (κ1) is 34.7. The van der Waals surface area contributed by atoms with Gasteiger partial charge in [-0.1, -0.05) is 206 Å². The van der Waals surface area contributed by atoms with Gasteiger partial charge in [-0.15, -0.1) is 0 Å². The van der Waals surface area contributed by atoms with Gasteiger partial charge in [0, 0.05) is 16.7 Å². The lowest BCUT2D eigenvalue weighted by molar-refractivity contribution is 0.714. The summed E-state index contributed by atoms with van der Waals surface area (Å²) in [4.78, 5) is 2.54. The maximum Gasteiger partial charge on any atom is 0.0540 e. The third-order valence-corrected chi connectivity index (χ3v) is 12.5. The fourth-order valence-electron chi connectivity index (χ4n) is 9.90. The second-order valence-corrected chi connectivity index (χ2v) is 15.7. The Morgan fingerprint density at radius 1 is 0.339 bits per heavy atom. The monoisotopic (exact) mass is 751 g/mol. The van der Waals surface area contributed by atoms with Gasteiger partial charge in [0.2, 0.25) is 0 Å². The molecule has 0 aromatic heterocycles. The molecule has 0 heterocycles. The van der Waals surface area contributed by atoms with Gasteiger partial charge in [-0.25, -0.2) is 0 Å². The van der Waals surface area contributed by atoms with Crippen molar-refractivity contribution in [3.8, 4) is 44.5 Å². The van der Waals surface area contributed by atoms with Gasteiger partial charge in [0.25, 0.3) is 0 Å². The van der Waals surface area contributed by atoms with Crippen molar-refractivity contribution in [1.29, 1.82) is 0 Å². The van der Waals surface area contributed by atoms with Crippen LogP contribution in [0.2, 0.25) is 0 Å². The van der Waals surface area contributed by atoms with Crippen molar-refractivity contribution < 1.29 is 0 Å². The minimum atomic E-state index is -0.410. The Bertz CT molecular complexity index is 3150. The van der Waals surface area contributed by atoms with Crippen LogP contribution in [-0.4, -0.2) is 0 Å². The molecule has 1 aliphatic carbocycles. The fourth-order valence-corrected chi connectivity index (χ4v) is 9.90. The van der Waals surface area contributed by atoms with Crippen molar-refractivity contribution in [2.24, 2.45) is 0 Å². The minimum Gasteiger partial charge on any atom is -0.310 e. The molecule has 0 bridgehead atoms. The molecule has 0 saturated heterocycles. The summed E-state index contributed by atoms with van der Waals surface area (Å²) in [5.41, 5.74) is 16.7. The molecule has 0 radical (unpaired) electrons. The highest BCUT2D eigenvalue weighted by Gasteiger charge is 2.43. The van der Waals surface area contributed by atoms with Crippen LogP contribution in [0.5, 0.6) is 0 Å². The van der Waals surface area contributed by atoms with Crippen molar-refractivity contribution in [2.75, 3.05) is 4.90 Å². The fraction of sp³-hybridized carbons (Fsp3) is 0.0345. The summed E-state index contributed by atoms with van der Waals surface area (Å²) in [6.07, 6.45) is 0. The Kier molecular flexibility index (Phi) is 8.34. The second-order valence-electron chi connectivity index (χ2n) is 15.7. The van der Waals surface area contributed by atoms with Crippen LogP contribution in [0.3, 0.4) is 0 Å². The largest absolute Gasteiger partial charge is 0.310 e. The lowest BCUT2D eigenvalue weighted by Crippen LogP contribution is -2.25. The summed E-state index contributed by atoms with van der Waals surface area (Å²) in [5.74, 6) is 0. The van der Waals surface area contributed by atoms with Crippen LogP contribution >= 0.6 is 0 Å². The Hall–Kier alpha value is -7.48. The maximum absolute atomic E-state index is 2.54. The molecule has 10 aromatic rings. The summed E-state index contributed by atoms with van der Waals surface area (Å²) < 4.78 is 0. The van der Waals surface area contributed by atoms with E-state index in [1.54, 1.807) is 0 Å². The van der Waals surface area contributed by atoms with Crippen molar-refractivity contribution in [3.63, 3.8) is 0 Å². The molecule has 10 aromatic carbocycles. The molecule has 0 N–H and O–H groups in total. The van der Waals surface area contributed by atoms with Crippen LogP contribution in [0.25, 0.3) is 66.1 Å². The van der Waals surface area contributed by atoms with E-state index in [0.717, 1.165) is 17.1 Å². The molecule has 1 atom stereocenters. The van der Waals surface area contributed by atoms with Crippen LogP contribution in [0.15, 0.2) is 231 Å². The normalized spacial score (nSPS) is 14.3. The molecule has 1 aliphatic rings. The summed E-state index contributed by atoms with van der Waals surface area (Å²) in [6.45, 7) is 2.42. The smallest absolute Gasteiger partial charge is 0.0540 e. The average molecular weight is 752 g/mol. The quantitative estimate of drug-likeness (QED) is 0.147. The van der Waals surface area contributed by atoms with Gasteiger partial charge in [-0.05, 0) is 108 Å². The summed E-state index contributed by atoms with van der Waals surface area (Å²) in [5, 5.41) is 4.95. The van der Waals surface area contributed by atoms with Gasteiger partial charge in [0.05, 0.1) is 11.4 Å². The lowest BCUT2D eigenvalue weighted by atomic mass is 9.73. The number of para-hydroxylation sites is 1. The molecular formula is C58H41N.